The molecule has 0 aromatic rings. The highest BCUT2D eigenvalue weighted by molar-refractivity contribution is 5.78. The van der Waals surface area contributed by atoms with Crippen molar-refractivity contribution in [2.24, 2.45) is 11.8 Å². The number of carbonyl (C=O) groups excluding carboxylic acids is 1. The lowest BCUT2D eigenvalue weighted by Gasteiger charge is -2.28. The number of hydrogen-bond acceptors (Lipinski definition) is 2. The molecule has 1 fully saturated rings. The predicted octanol–water partition coefficient (Wildman–Crippen LogP) is 2.57. The third-order valence-corrected chi connectivity index (χ3v) is 3.81. The summed E-state index contributed by atoms with van der Waals surface area (Å²) in [6.07, 6.45) is 6.21. The second-order valence-corrected chi connectivity index (χ2v) is 5.45. The second-order valence-electron chi connectivity index (χ2n) is 5.45. The Kier molecular flexibility index (Phi) is 6.16. The number of nitrogens with one attached hydrogen (secondary N) is 1. The van der Waals surface area contributed by atoms with E-state index < -0.39 is 5.97 Å². The highest BCUT2D eigenvalue weighted by atomic mass is 16.4. The zero-order valence-electron chi connectivity index (χ0n) is 11.4. The summed E-state index contributed by atoms with van der Waals surface area (Å²) in [6, 6.07) is 0.0522. The molecule has 104 valence electrons. The van der Waals surface area contributed by atoms with Gasteiger partial charge in [-0.25, -0.2) is 0 Å². The molecule has 0 aromatic carbocycles. The maximum absolute atomic E-state index is 11.9. The van der Waals surface area contributed by atoms with E-state index in [4.69, 9.17) is 5.11 Å². The van der Waals surface area contributed by atoms with Crippen LogP contribution in [0, 0.1) is 11.8 Å². The average molecular weight is 255 g/mol. The van der Waals surface area contributed by atoms with Crippen molar-refractivity contribution in [1.82, 2.24) is 5.32 Å². The third kappa shape index (κ3) is 4.67. The van der Waals surface area contributed by atoms with E-state index in [0.29, 0.717) is 6.42 Å². The predicted molar refractivity (Wildman–Crippen MR) is 70.2 cm³/mol. The minimum absolute atomic E-state index is 0.0372. The molecule has 0 aliphatic heterocycles. The minimum atomic E-state index is -0.729. The first kappa shape index (κ1) is 15.0. The molecule has 2 N–H and O–H groups in total. The Balaban J connectivity index is 2.37. The average Bonchev–Trinajstić information content (AvgIpc) is 2.36. The summed E-state index contributed by atoms with van der Waals surface area (Å²) in [4.78, 5) is 22.9. The summed E-state index contributed by atoms with van der Waals surface area (Å²) in [5.41, 5.74) is 0. The van der Waals surface area contributed by atoms with Crippen LogP contribution in [-0.4, -0.2) is 23.0 Å². The SMILES string of the molecule is CCCC[C@H](C)C(=O)N[C@@H]1CCC[C@@H](C(=O)O)C1. The fourth-order valence-corrected chi connectivity index (χ4v) is 2.53. The Hall–Kier alpha value is -1.06. The maximum Gasteiger partial charge on any atom is 0.306 e. The van der Waals surface area contributed by atoms with Gasteiger partial charge in [-0.05, 0) is 25.7 Å². The number of rotatable bonds is 6. The molecular formula is C14H25NO3. The lowest BCUT2D eigenvalue weighted by molar-refractivity contribution is -0.143. The molecule has 4 heteroatoms. The van der Waals surface area contributed by atoms with Gasteiger partial charge in [0.05, 0.1) is 5.92 Å². The fraction of sp³-hybridized carbons (Fsp3) is 0.857. The molecule has 0 saturated heterocycles. The molecule has 1 amide bonds. The van der Waals surface area contributed by atoms with Gasteiger partial charge in [-0.15, -0.1) is 0 Å². The van der Waals surface area contributed by atoms with Gasteiger partial charge in [0, 0.05) is 12.0 Å². The molecular weight excluding hydrogens is 230 g/mol. The van der Waals surface area contributed by atoms with Crippen LogP contribution in [0.25, 0.3) is 0 Å². The van der Waals surface area contributed by atoms with E-state index in [2.05, 4.69) is 12.2 Å². The number of carbonyl (C=O) groups is 2. The van der Waals surface area contributed by atoms with E-state index in [0.717, 1.165) is 38.5 Å². The van der Waals surface area contributed by atoms with Gasteiger partial charge in [0.2, 0.25) is 5.91 Å². The zero-order chi connectivity index (χ0) is 13.5. The van der Waals surface area contributed by atoms with E-state index >= 15 is 0 Å². The highest BCUT2D eigenvalue weighted by Crippen LogP contribution is 2.24. The van der Waals surface area contributed by atoms with Crippen LogP contribution in [-0.2, 0) is 9.59 Å². The van der Waals surface area contributed by atoms with E-state index in [1.165, 1.54) is 0 Å². The molecule has 0 heterocycles. The van der Waals surface area contributed by atoms with Crippen LogP contribution in [0.4, 0.5) is 0 Å². The Labute approximate surface area is 109 Å². The van der Waals surface area contributed by atoms with Crippen LogP contribution in [0.15, 0.2) is 0 Å². The topological polar surface area (TPSA) is 66.4 Å². The normalized spacial score (nSPS) is 25.4. The molecule has 18 heavy (non-hydrogen) atoms. The van der Waals surface area contributed by atoms with Crippen LogP contribution >= 0.6 is 0 Å². The molecule has 0 bridgehead atoms. The van der Waals surface area contributed by atoms with E-state index in [9.17, 15) is 9.59 Å². The molecule has 3 atom stereocenters. The summed E-state index contributed by atoms with van der Waals surface area (Å²) in [5.74, 6) is -0.891. The Morgan fingerprint density at radius 3 is 2.72 bits per heavy atom. The van der Waals surface area contributed by atoms with Crippen LogP contribution in [0.2, 0.25) is 0 Å². The third-order valence-electron chi connectivity index (χ3n) is 3.81. The van der Waals surface area contributed by atoms with Crippen LogP contribution in [0.3, 0.4) is 0 Å². The highest BCUT2D eigenvalue weighted by Gasteiger charge is 2.28. The van der Waals surface area contributed by atoms with Crippen molar-refractivity contribution in [1.29, 1.82) is 0 Å². The molecule has 1 saturated carbocycles. The molecule has 4 nitrogen and oxygen atoms in total. The molecule has 1 aliphatic carbocycles. The van der Waals surface area contributed by atoms with Gasteiger partial charge in [0.1, 0.15) is 0 Å². The van der Waals surface area contributed by atoms with Gasteiger partial charge in [-0.2, -0.15) is 0 Å². The summed E-state index contributed by atoms with van der Waals surface area (Å²) >= 11 is 0. The zero-order valence-corrected chi connectivity index (χ0v) is 11.4. The van der Waals surface area contributed by atoms with Crippen molar-refractivity contribution >= 4 is 11.9 Å². The van der Waals surface area contributed by atoms with E-state index in [-0.39, 0.29) is 23.8 Å². The minimum Gasteiger partial charge on any atom is -0.481 e. The smallest absolute Gasteiger partial charge is 0.306 e. The molecule has 1 aliphatic rings. The van der Waals surface area contributed by atoms with Gasteiger partial charge in [0.25, 0.3) is 0 Å². The standard InChI is InChI=1S/C14H25NO3/c1-3-4-6-10(2)13(16)15-12-8-5-7-11(9-12)14(17)18/h10-12H,3-9H2,1-2H3,(H,15,16)(H,17,18)/t10-,11+,12+/m0/s1. The second kappa shape index (κ2) is 7.39. The Morgan fingerprint density at radius 2 is 2.11 bits per heavy atom. The Morgan fingerprint density at radius 1 is 1.39 bits per heavy atom. The van der Waals surface area contributed by atoms with Gasteiger partial charge in [-0.3, -0.25) is 9.59 Å². The quantitative estimate of drug-likeness (QED) is 0.766. The van der Waals surface area contributed by atoms with E-state index in [1.54, 1.807) is 0 Å². The first-order chi connectivity index (χ1) is 8.54. The van der Waals surface area contributed by atoms with Crippen molar-refractivity contribution in [2.45, 2.75) is 64.8 Å². The fourth-order valence-electron chi connectivity index (χ4n) is 2.53. The van der Waals surface area contributed by atoms with Crippen LogP contribution in [0.1, 0.15) is 58.8 Å². The number of unbranched alkanes of at least 4 members (excludes halogenated alkanes) is 1. The summed E-state index contributed by atoms with van der Waals surface area (Å²) in [7, 11) is 0. The molecule has 0 radical (unpaired) electrons. The van der Waals surface area contributed by atoms with Crippen LogP contribution < -0.4 is 5.32 Å². The maximum atomic E-state index is 11.9. The first-order valence-electron chi connectivity index (χ1n) is 7.07. The number of amides is 1. The van der Waals surface area contributed by atoms with Crippen molar-refractivity contribution in [3.63, 3.8) is 0 Å². The van der Waals surface area contributed by atoms with Crippen molar-refractivity contribution in [2.75, 3.05) is 0 Å². The van der Waals surface area contributed by atoms with E-state index in [1.807, 2.05) is 6.92 Å². The van der Waals surface area contributed by atoms with Gasteiger partial charge >= 0.3 is 5.97 Å². The van der Waals surface area contributed by atoms with Crippen molar-refractivity contribution < 1.29 is 14.7 Å². The summed E-state index contributed by atoms with van der Waals surface area (Å²) in [5, 5.41) is 12.0. The van der Waals surface area contributed by atoms with Gasteiger partial charge in [-0.1, -0.05) is 33.1 Å². The molecule has 1 rings (SSSR count). The number of aliphatic carboxylic acids is 1. The monoisotopic (exact) mass is 255 g/mol. The van der Waals surface area contributed by atoms with Crippen LogP contribution in [0.5, 0.6) is 0 Å². The number of hydrogen-bond donors (Lipinski definition) is 2. The lowest BCUT2D eigenvalue weighted by Crippen LogP contribution is -2.42. The summed E-state index contributed by atoms with van der Waals surface area (Å²) < 4.78 is 0. The largest absolute Gasteiger partial charge is 0.481 e. The molecule has 0 unspecified atom stereocenters. The first-order valence-corrected chi connectivity index (χ1v) is 7.07. The van der Waals surface area contributed by atoms with Crippen molar-refractivity contribution in [3.8, 4) is 0 Å². The summed E-state index contributed by atoms with van der Waals surface area (Å²) in [6.45, 7) is 4.06. The van der Waals surface area contributed by atoms with Gasteiger partial charge in [0.15, 0.2) is 0 Å². The number of carboxylic acid groups (broad SMARTS) is 1. The lowest BCUT2D eigenvalue weighted by atomic mass is 9.85. The number of carboxylic acids is 1. The van der Waals surface area contributed by atoms with Crippen molar-refractivity contribution in [3.05, 3.63) is 0 Å². The van der Waals surface area contributed by atoms with Gasteiger partial charge < -0.3 is 10.4 Å². The Bertz CT molecular complexity index is 291. The molecule has 0 spiro atoms. The molecule has 0 aromatic heterocycles.